The third-order valence-electron chi connectivity index (χ3n) is 3.32. The molecule has 0 radical (unpaired) electrons. The van der Waals surface area contributed by atoms with Crippen molar-refractivity contribution in [2.45, 2.75) is 25.8 Å². The van der Waals surface area contributed by atoms with Gasteiger partial charge in [-0.3, -0.25) is 9.59 Å². The number of carboxylic acid groups (broad SMARTS) is 1. The molecule has 1 aromatic carbocycles. The van der Waals surface area contributed by atoms with Gasteiger partial charge < -0.3 is 19.9 Å². The Morgan fingerprint density at radius 1 is 1.43 bits per heavy atom. The highest BCUT2D eigenvalue weighted by atomic mass is 16.5. The van der Waals surface area contributed by atoms with Crippen molar-refractivity contribution in [3.05, 3.63) is 23.8 Å². The van der Waals surface area contributed by atoms with Gasteiger partial charge in [-0.2, -0.15) is 0 Å². The summed E-state index contributed by atoms with van der Waals surface area (Å²) in [6.07, 6.45) is 2.28. The van der Waals surface area contributed by atoms with Crippen LogP contribution in [0.5, 0.6) is 11.5 Å². The highest BCUT2D eigenvalue weighted by molar-refractivity contribution is 5.99. The Hall–Kier alpha value is -2.24. The Morgan fingerprint density at radius 3 is 2.71 bits per heavy atom. The van der Waals surface area contributed by atoms with Gasteiger partial charge in [0.05, 0.1) is 19.3 Å². The number of hydrogen-bond acceptors (Lipinski definition) is 4. The second-order valence-electron chi connectivity index (χ2n) is 5.15. The fourth-order valence-corrected chi connectivity index (χ4v) is 1.76. The molecule has 0 heterocycles. The molecule has 0 aromatic heterocycles. The predicted octanol–water partition coefficient (Wildman–Crippen LogP) is 1.69. The SMILES string of the molecule is COc1ccc(C(=O)N[C@H](C)C(=O)O)c(OCC2CC2)c1. The maximum absolute atomic E-state index is 12.1. The van der Waals surface area contributed by atoms with Crippen LogP contribution in [-0.2, 0) is 4.79 Å². The van der Waals surface area contributed by atoms with Crippen LogP contribution in [0.2, 0.25) is 0 Å². The topological polar surface area (TPSA) is 84.9 Å². The number of ether oxygens (including phenoxy) is 2. The summed E-state index contributed by atoms with van der Waals surface area (Å²) in [5.41, 5.74) is 0.310. The maximum atomic E-state index is 12.1. The molecule has 2 rings (SSSR count). The Bertz CT molecular complexity index is 539. The fraction of sp³-hybridized carbons (Fsp3) is 0.467. The second kappa shape index (κ2) is 6.47. The average molecular weight is 293 g/mol. The van der Waals surface area contributed by atoms with Gasteiger partial charge in [0.15, 0.2) is 0 Å². The largest absolute Gasteiger partial charge is 0.497 e. The van der Waals surface area contributed by atoms with E-state index in [1.54, 1.807) is 18.2 Å². The maximum Gasteiger partial charge on any atom is 0.325 e. The monoisotopic (exact) mass is 293 g/mol. The number of rotatable bonds is 7. The number of carbonyl (C=O) groups excluding carboxylic acids is 1. The second-order valence-corrected chi connectivity index (χ2v) is 5.15. The third-order valence-corrected chi connectivity index (χ3v) is 3.32. The molecule has 1 fully saturated rings. The molecule has 1 aliphatic rings. The van der Waals surface area contributed by atoms with Gasteiger partial charge in [0.1, 0.15) is 17.5 Å². The number of carboxylic acids is 1. The van der Waals surface area contributed by atoms with Crippen LogP contribution in [0.1, 0.15) is 30.1 Å². The standard InChI is InChI=1S/C15H19NO5/c1-9(15(18)19)16-14(17)12-6-5-11(20-2)7-13(12)21-8-10-3-4-10/h5-7,9-10H,3-4,8H2,1-2H3,(H,16,17)(H,18,19)/t9-/m1/s1. The number of hydrogen-bond donors (Lipinski definition) is 2. The summed E-state index contributed by atoms with van der Waals surface area (Å²) in [6.45, 7) is 1.97. The summed E-state index contributed by atoms with van der Waals surface area (Å²) in [4.78, 5) is 23.0. The van der Waals surface area contributed by atoms with Crippen molar-refractivity contribution >= 4 is 11.9 Å². The van der Waals surface area contributed by atoms with E-state index in [2.05, 4.69) is 5.32 Å². The molecule has 2 N–H and O–H groups in total. The van der Waals surface area contributed by atoms with Gasteiger partial charge >= 0.3 is 5.97 Å². The molecule has 114 valence electrons. The first-order valence-electron chi connectivity index (χ1n) is 6.85. The lowest BCUT2D eigenvalue weighted by molar-refractivity contribution is -0.138. The summed E-state index contributed by atoms with van der Waals surface area (Å²) in [5, 5.41) is 11.3. The van der Waals surface area contributed by atoms with Crippen LogP contribution in [0.25, 0.3) is 0 Å². The minimum Gasteiger partial charge on any atom is -0.497 e. The molecule has 0 unspecified atom stereocenters. The number of nitrogens with one attached hydrogen (secondary N) is 1. The molecule has 0 bridgehead atoms. The number of carbonyl (C=O) groups is 2. The van der Waals surface area contributed by atoms with E-state index in [0.717, 1.165) is 12.8 Å². The first-order valence-corrected chi connectivity index (χ1v) is 6.85. The van der Waals surface area contributed by atoms with E-state index in [-0.39, 0.29) is 0 Å². The molecule has 1 aliphatic carbocycles. The Morgan fingerprint density at radius 2 is 2.14 bits per heavy atom. The number of aliphatic carboxylic acids is 1. The van der Waals surface area contributed by atoms with E-state index in [4.69, 9.17) is 14.6 Å². The number of benzene rings is 1. The molecule has 0 spiro atoms. The lowest BCUT2D eigenvalue weighted by atomic mass is 10.1. The van der Waals surface area contributed by atoms with Crippen LogP contribution in [0.3, 0.4) is 0 Å². The smallest absolute Gasteiger partial charge is 0.325 e. The first-order chi connectivity index (χ1) is 10.0. The summed E-state index contributed by atoms with van der Waals surface area (Å²) < 4.78 is 10.8. The zero-order valence-corrected chi connectivity index (χ0v) is 12.1. The molecule has 6 heteroatoms. The minimum absolute atomic E-state index is 0.310. The van der Waals surface area contributed by atoms with Gasteiger partial charge in [0.2, 0.25) is 0 Å². The Kier molecular flexibility index (Phi) is 4.67. The molecular formula is C15H19NO5. The molecule has 0 saturated heterocycles. The molecule has 6 nitrogen and oxygen atoms in total. The molecule has 0 aliphatic heterocycles. The Labute approximate surface area is 123 Å². The minimum atomic E-state index is -1.09. The van der Waals surface area contributed by atoms with Gasteiger partial charge in [-0.1, -0.05) is 0 Å². The first kappa shape index (κ1) is 15.2. The van der Waals surface area contributed by atoms with Crippen LogP contribution in [0.4, 0.5) is 0 Å². The highest BCUT2D eigenvalue weighted by Gasteiger charge is 2.24. The van der Waals surface area contributed by atoms with E-state index in [9.17, 15) is 9.59 Å². The van der Waals surface area contributed by atoms with Crippen molar-refractivity contribution in [1.82, 2.24) is 5.32 Å². The van der Waals surface area contributed by atoms with Gasteiger partial charge in [-0.15, -0.1) is 0 Å². The third kappa shape index (κ3) is 4.11. The normalized spacial score (nSPS) is 15.1. The Balaban J connectivity index is 2.14. The molecule has 1 saturated carbocycles. The van der Waals surface area contributed by atoms with Crippen LogP contribution in [0, 0.1) is 5.92 Å². The fourth-order valence-electron chi connectivity index (χ4n) is 1.76. The van der Waals surface area contributed by atoms with Gasteiger partial charge in [0, 0.05) is 6.07 Å². The lowest BCUT2D eigenvalue weighted by Gasteiger charge is -2.14. The lowest BCUT2D eigenvalue weighted by Crippen LogP contribution is -2.38. The quantitative estimate of drug-likeness (QED) is 0.799. The van der Waals surface area contributed by atoms with Crippen molar-refractivity contribution in [3.63, 3.8) is 0 Å². The summed E-state index contributed by atoms with van der Waals surface area (Å²) in [5.74, 6) is -0.0133. The van der Waals surface area contributed by atoms with Crippen molar-refractivity contribution in [1.29, 1.82) is 0 Å². The van der Waals surface area contributed by atoms with E-state index in [0.29, 0.717) is 29.6 Å². The van der Waals surface area contributed by atoms with Crippen LogP contribution in [0.15, 0.2) is 18.2 Å². The average Bonchev–Trinajstić information content (AvgIpc) is 3.28. The summed E-state index contributed by atoms with van der Waals surface area (Å²) in [7, 11) is 1.53. The molecule has 1 atom stereocenters. The van der Waals surface area contributed by atoms with Crippen molar-refractivity contribution in [3.8, 4) is 11.5 Å². The predicted molar refractivity (Wildman–Crippen MR) is 75.8 cm³/mol. The highest BCUT2D eigenvalue weighted by Crippen LogP contribution is 2.31. The number of methoxy groups -OCH3 is 1. The molecule has 21 heavy (non-hydrogen) atoms. The van der Waals surface area contributed by atoms with Crippen LogP contribution in [-0.4, -0.2) is 36.7 Å². The van der Waals surface area contributed by atoms with Crippen LogP contribution >= 0.6 is 0 Å². The molecule has 1 amide bonds. The van der Waals surface area contributed by atoms with Crippen molar-refractivity contribution in [2.24, 2.45) is 5.92 Å². The van der Waals surface area contributed by atoms with Gasteiger partial charge in [0.25, 0.3) is 5.91 Å². The summed E-state index contributed by atoms with van der Waals surface area (Å²) in [6, 6.07) is 3.90. The number of amides is 1. The van der Waals surface area contributed by atoms with E-state index >= 15 is 0 Å². The van der Waals surface area contributed by atoms with Crippen molar-refractivity contribution < 1.29 is 24.2 Å². The zero-order valence-electron chi connectivity index (χ0n) is 12.1. The van der Waals surface area contributed by atoms with Crippen LogP contribution < -0.4 is 14.8 Å². The zero-order chi connectivity index (χ0) is 15.4. The summed E-state index contributed by atoms with van der Waals surface area (Å²) >= 11 is 0. The van der Waals surface area contributed by atoms with E-state index < -0.39 is 17.9 Å². The van der Waals surface area contributed by atoms with Gasteiger partial charge in [-0.05, 0) is 37.8 Å². The van der Waals surface area contributed by atoms with Gasteiger partial charge in [-0.25, -0.2) is 0 Å². The van der Waals surface area contributed by atoms with Crippen molar-refractivity contribution in [2.75, 3.05) is 13.7 Å². The van der Waals surface area contributed by atoms with E-state index in [1.807, 2.05) is 0 Å². The molecule has 1 aromatic rings. The van der Waals surface area contributed by atoms with E-state index in [1.165, 1.54) is 14.0 Å². The molecular weight excluding hydrogens is 274 g/mol.